The molecule has 0 saturated heterocycles. The van der Waals surface area contributed by atoms with E-state index in [1.165, 1.54) is 0 Å². The van der Waals surface area contributed by atoms with Crippen molar-refractivity contribution in [2.45, 2.75) is 6.54 Å². The van der Waals surface area contributed by atoms with Crippen molar-refractivity contribution in [3.05, 3.63) is 30.5 Å². The fourth-order valence-electron chi connectivity index (χ4n) is 0.974. The summed E-state index contributed by atoms with van der Waals surface area (Å²) in [7, 11) is 0. The second-order valence-corrected chi connectivity index (χ2v) is 2.28. The molecule has 0 saturated carbocycles. The van der Waals surface area contributed by atoms with Gasteiger partial charge in [0.25, 0.3) is 0 Å². The summed E-state index contributed by atoms with van der Waals surface area (Å²) in [4.78, 5) is 8.14. The minimum atomic E-state index is 0. The first-order valence-corrected chi connectivity index (χ1v) is 3.38. The van der Waals surface area contributed by atoms with Gasteiger partial charge < -0.3 is 10.1 Å². The summed E-state index contributed by atoms with van der Waals surface area (Å²) in [6, 6.07) is 0. The van der Waals surface area contributed by atoms with Crippen LogP contribution in [0.5, 0.6) is 0 Å². The van der Waals surface area contributed by atoms with Crippen LogP contribution in [0.15, 0.2) is 24.8 Å². The number of hydrogen-bond donors (Lipinski definition) is 1. The summed E-state index contributed by atoms with van der Waals surface area (Å²) in [5.74, 6) is 0. The van der Waals surface area contributed by atoms with Gasteiger partial charge in [0.1, 0.15) is 0 Å². The molecule has 0 bridgehead atoms. The predicted octanol–water partition coefficient (Wildman–Crippen LogP) is 1.03. The van der Waals surface area contributed by atoms with E-state index >= 15 is 0 Å². The molecule has 0 amide bonds. The normalized spacial score (nSPS) is 9.00. The monoisotopic (exact) mass is 220 g/mol. The van der Waals surface area contributed by atoms with Crippen molar-refractivity contribution in [2.75, 3.05) is 0 Å². The van der Waals surface area contributed by atoms with Crippen molar-refractivity contribution in [1.29, 1.82) is 0 Å². The lowest BCUT2D eigenvalue weighted by Crippen LogP contribution is -2.00. The second kappa shape index (κ2) is 5.01. The predicted molar refractivity (Wildman–Crippen MR) is 55.4 cm³/mol. The van der Waals surface area contributed by atoms with Crippen molar-refractivity contribution in [3.8, 4) is 0 Å². The number of nitrogens with zero attached hydrogens (tertiary/aromatic N) is 3. The average molecular weight is 221 g/mol. The first kappa shape index (κ1) is 12.2. The number of aromatic nitrogens is 3. The topological polar surface area (TPSA) is 56.2 Å². The smallest absolute Gasteiger partial charge is 0.155 e. The van der Waals surface area contributed by atoms with Gasteiger partial charge in [-0.2, -0.15) is 0 Å². The highest BCUT2D eigenvalue weighted by molar-refractivity contribution is 5.85. The lowest BCUT2D eigenvalue weighted by atomic mass is 10.4. The zero-order valence-corrected chi connectivity index (χ0v) is 8.38. The molecule has 4 nitrogen and oxygen atoms in total. The van der Waals surface area contributed by atoms with Gasteiger partial charge in [0.15, 0.2) is 5.65 Å². The molecule has 2 aromatic rings. The van der Waals surface area contributed by atoms with Gasteiger partial charge in [0, 0.05) is 25.1 Å². The van der Waals surface area contributed by atoms with Crippen molar-refractivity contribution in [3.63, 3.8) is 0 Å². The fourth-order valence-corrected chi connectivity index (χ4v) is 0.974. The summed E-state index contributed by atoms with van der Waals surface area (Å²) < 4.78 is 1.90. The summed E-state index contributed by atoms with van der Waals surface area (Å²) in [5, 5.41) is 0. The van der Waals surface area contributed by atoms with Gasteiger partial charge in [-0.15, -0.1) is 24.8 Å². The maximum atomic E-state index is 5.41. The average Bonchev–Trinajstić information content (AvgIpc) is 2.50. The number of imidazole rings is 1. The largest absolute Gasteiger partial charge is 0.325 e. The molecule has 0 aliphatic carbocycles. The summed E-state index contributed by atoms with van der Waals surface area (Å²) in [6.45, 7) is 0.466. The summed E-state index contributed by atoms with van der Waals surface area (Å²) in [5.41, 5.74) is 7.13. The van der Waals surface area contributed by atoms with Gasteiger partial charge >= 0.3 is 0 Å². The first-order chi connectivity index (χ1) is 5.40. The Balaban J connectivity index is 0.000000720. The molecule has 0 fully saturated rings. The van der Waals surface area contributed by atoms with Crippen molar-refractivity contribution in [1.82, 2.24) is 14.4 Å². The van der Waals surface area contributed by atoms with E-state index in [1.54, 1.807) is 12.4 Å². The third-order valence-electron chi connectivity index (χ3n) is 1.54. The van der Waals surface area contributed by atoms with Crippen LogP contribution in [0.3, 0.4) is 0 Å². The highest BCUT2D eigenvalue weighted by Crippen LogP contribution is 1.99. The highest BCUT2D eigenvalue weighted by atomic mass is 35.5. The molecule has 2 heterocycles. The molecular formula is C7H10Cl2N4. The molecule has 0 aliphatic rings. The molecule has 2 aromatic heterocycles. The van der Waals surface area contributed by atoms with E-state index in [0.717, 1.165) is 11.3 Å². The van der Waals surface area contributed by atoms with Crippen LogP contribution in [0.1, 0.15) is 5.69 Å². The van der Waals surface area contributed by atoms with Gasteiger partial charge in [-0.3, -0.25) is 4.98 Å². The Morgan fingerprint density at radius 2 is 2.08 bits per heavy atom. The number of rotatable bonds is 1. The third kappa shape index (κ3) is 2.30. The quantitative estimate of drug-likeness (QED) is 0.782. The lowest BCUT2D eigenvalue weighted by Gasteiger charge is -1.95. The Morgan fingerprint density at radius 3 is 2.77 bits per heavy atom. The third-order valence-corrected chi connectivity index (χ3v) is 1.54. The Hall–Kier alpha value is -0.840. The van der Waals surface area contributed by atoms with Crippen molar-refractivity contribution >= 4 is 30.5 Å². The van der Waals surface area contributed by atoms with Crippen LogP contribution in [0.25, 0.3) is 5.65 Å². The van der Waals surface area contributed by atoms with Crippen LogP contribution in [-0.2, 0) is 6.54 Å². The molecule has 0 radical (unpaired) electrons. The van der Waals surface area contributed by atoms with E-state index in [-0.39, 0.29) is 24.8 Å². The molecule has 6 heteroatoms. The molecule has 0 atom stereocenters. The molecule has 72 valence electrons. The second-order valence-electron chi connectivity index (χ2n) is 2.28. The highest BCUT2D eigenvalue weighted by Gasteiger charge is 1.94. The Morgan fingerprint density at radius 1 is 1.31 bits per heavy atom. The fraction of sp³-hybridized carbons (Fsp3) is 0.143. The van der Waals surface area contributed by atoms with Gasteiger partial charge in [-0.05, 0) is 0 Å². The summed E-state index contributed by atoms with van der Waals surface area (Å²) in [6.07, 6.45) is 7.19. The molecule has 13 heavy (non-hydrogen) atoms. The molecule has 2 N–H and O–H groups in total. The van der Waals surface area contributed by atoms with E-state index in [4.69, 9.17) is 5.73 Å². The van der Waals surface area contributed by atoms with Crippen LogP contribution in [0, 0.1) is 0 Å². The minimum absolute atomic E-state index is 0. The van der Waals surface area contributed by atoms with E-state index in [0.29, 0.717) is 6.54 Å². The van der Waals surface area contributed by atoms with Crippen LogP contribution in [0.4, 0.5) is 0 Å². The van der Waals surface area contributed by atoms with Crippen molar-refractivity contribution in [2.24, 2.45) is 5.73 Å². The molecule has 0 aromatic carbocycles. The SMILES string of the molecule is Cl.Cl.NCc1cn2ccnc2cn1. The Labute approximate surface area is 88.0 Å². The lowest BCUT2D eigenvalue weighted by molar-refractivity contribution is 0.950. The van der Waals surface area contributed by atoms with Gasteiger partial charge in [-0.25, -0.2) is 4.98 Å². The molecular weight excluding hydrogens is 211 g/mol. The zero-order chi connectivity index (χ0) is 7.68. The van der Waals surface area contributed by atoms with Crippen LogP contribution < -0.4 is 5.73 Å². The number of nitrogens with two attached hydrogens (primary N) is 1. The number of halogens is 2. The Bertz CT molecular complexity index is 373. The van der Waals surface area contributed by atoms with Crippen LogP contribution in [0.2, 0.25) is 0 Å². The number of hydrogen-bond acceptors (Lipinski definition) is 3. The molecule has 0 unspecified atom stereocenters. The standard InChI is InChI=1S/C7H8N4.2ClH/c8-3-6-5-11-2-1-9-7(11)4-10-6;;/h1-2,4-5H,3,8H2;2*1H. The maximum Gasteiger partial charge on any atom is 0.155 e. The van der Waals surface area contributed by atoms with Gasteiger partial charge in [-0.1, -0.05) is 0 Å². The molecule has 0 spiro atoms. The minimum Gasteiger partial charge on any atom is -0.325 e. The van der Waals surface area contributed by atoms with E-state index in [9.17, 15) is 0 Å². The van der Waals surface area contributed by atoms with Crippen LogP contribution >= 0.6 is 24.8 Å². The Kier molecular flexibility index (Phi) is 4.69. The van der Waals surface area contributed by atoms with E-state index in [2.05, 4.69) is 9.97 Å². The summed E-state index contributed by atoms with van der Waals surface area (Å²) >= 11 is 0. The first-order valence-electron chi connectivity index (χ1n) is 3.38. The zero-order valence-electron chi connectivity index (χ0n) is 6.75. The van der Waals surface area contributed by atoms with Gasteiger partial charge in [0.05, 0.1) is 11.9 Å². The van der Waals surface area contributed by atoms with Gasteiger partial charge in [0.2, 0.25) is 0 Å². The maximum absolute atomic E-state index is 5.41. The van der Waals surface area contributed by atoms with Crippen LogP contribution in [-0.4, -0.2) is 14.4 Å². The molecule has 2 rings (SSSR count). The van der Waals surface area contributed by atoms with Crippen molar-refractivity contribution < 1.29 is 0 Å². The number of fused-ring (bicyclic) bond motifs is 1. The van der Waals surface area contributed by atoms with E-state index in [1.807, 2.05) is 16.8 Å². The van der Waals surface area contributed by atoms with E-state index < -0.39 is 0 Å². The molecule has 0 aliphatic heterocycles.